The van der Waals surface area contributed by atoms with E-state index in [9.17, 15) is 9.90 Å². The lowest BCUT2D eigenvalue weighted by Crippen LogP contribution is -2.49. The molecule has 1 heterocycles. The molecule has 1 aliphatic heterocycles. The van der Waals surface area contributed by atoms with Crippen molar-refractivity contribution in [3.63, 3.8) is 0 Å². The molecule has 0 bridgehead atoms. The first-order valence-corrected chi connectivity index (χ1v) is 13.7. The van der Waals surface area contributed by atoms with Gasteiger partial charge in [0.15, 0.2) is 11.5 Å². The first-order valence-electron chi connectivity index (χ1n) is 13.7. The fraction of sp³-hybridized carbons (Fsp3) is 0.759. The molecule has 1 fully saturated rings. The number of ether oxygens (including phenoxy) is 4. The second-order valence-electron chi connectivity index (χ2n) is 11.2. The highest BCUT2D eigenvalue weighted by Crippen LogP contribution is 2.35. The second-order valence-corrected chi connectivity index (χ2v) is 11.2. The van der Waals surface area contributed by atoms with Gasteiger partial charge < -0.3 is 35.1 Å². The Morgan fingerprint density at radius 1 is 1.19 bits per heavy atom. The zero-order chi connectivity index (χ0) is 27.4. The van der Waals surface area contributed by atoms with Crippen molar-refractivity contribution in [1.29, 1.82) is 0 Å². The molecule has 0 aromatic heterocycles. The van der Waals surface area contributed by atoms with Crippen molar-refractivity contribution < 1.29 is 28.8 Å². The largest absolute Gasteiger partial charge is 0.493 e. The van der Waals surface area contributed by atoms with Gasteiger partial charge in [-0.05, 0) is 61.1 Å². The van der Waals surface area contributed by atoms with Crippen molar-refractivity contribution >= 4 is 5.91 Å². The second kappa shape index (κ2) is 15.5. The van der Waals surface area contributed by atoms with Crippen molar-refractivity contribution in [2.45, 2.75) is 71.9 Å². The van der Waals surface area contributed by atoms with E-state index in [-0.39, 0.29) is 24.3 Å². The standard InChI is InChI=1S/C29H50N2O6/c1-20(2)22(16-21-8-9-26(35-6)27(17-21)37-13-7-12-34-5)18-24(30)25(32)19-31-28(33)29(3,4)23-10-14-36-15-11-23/h8-9,17,20,22-25,32H,7,10-16,18-19,30H2,1-6H3,(H,31,33). The minimum Gasteiger partial charge on any atom is -0.493 e. The molecule has 37 heavy (non-hydrogen) atoms. The quantitative estimate of drug-likeness (QED) is 0.285. The van der Waals surface area contributed by atoms with E-state index < -0.39 is 17.6 Å². The number of rotatable bonds is 16. The summed E-state index contributed by atoms with van der Waals surface area (Å²) in [6.07, 6.45) is 3.20. The van der Waals surface area contributed by atoms with Crippen LogP contribution in [0.3, 0.4) is 0 Å². The van der Waals surface area contributed by atoms with Crippen LogP contribution in [-0.2, 0) is 20.7 Å². The third kappa shape index (κ3) is 9.74. The summed E-state index contributed by atoms with van der Waals surface area (Å²) in [4.78, 5) is 12.9. The SMILES string of the molecule is COCCCOc1cc(CC(CC(N)C(O)CNC(=O)C(C)(C)C2CCOCC2)C(C)C)ccc1OC. The van der Waals surface area contributed by atoms with E-state index in [0.717, 1.165) is 37.0 Å². The lowest BCUT2D eigenvalue weighted by atomic mass is 9.74. The molecule has 3 atom stereocenters. The molecule has 0 radical (unpaired) electrons. The van der Waals surface area contributed by atoms with Gasteiger partial charge in [-0.1, -0.05) is 33.8 Å². The lowest BCUT2D eigenvalue weighted by Gasteiger charge is -2.36. The topological polar surface area (TPSA) is 112 Å². The van der Waals surface area contributed by atoms with Gasteiger partial charge >= 0.3 is 0 Å². The van der Waals surface area contributed by atoms with Gasteiger partial charge in [-0.3, -0.25) is 4.79 Å². The number of nitrogens with two attached hydrogens (primary N) is 1. The number of amides is 1. The number of carbonyl (C=O) groups excluding carboxylic acids is 1. The molecule has 1 aromatic rings. The van der Waals surface area contributed by atoms with E-state index in [2.05, 4.69) is 25.2 Å². The number of hydrogen-bond donors (Lipinski definition) is 3. The number of nitrogens with one attached hydrogen (secondary N) is 1. The highest BCUT2D eigenvalue weighted by Gasteiger charge is 2.37. The van der Waals surface area contributed by atoms with Crippen molar-refractivity contribution in [3.05, 3.63) is 23.8 Å². The molecular weight excluding hydrogens is 472 g/mol. The molecule has 0 aliphatic carbocycles. The van der Waals surface area contributed by atoms with E-state index in [1.807, 2.05) is 26.0 Å². The smallest absolute Gasteiger partial charge is 0.226 e. The van der Waals surface area contributed by atoms with Crippen LogP contribution in [-0.4, -0.2) is 70.4 Å². The maximum atomic E-state index is 12.9. The minimum absolute atomic E-state index is 0.0395. The highest BCUT2D eigenvalue weighted by atomic mass is 16.5. The molecule has 0 spiro atoms. The van der Waals surface area contributed by atoms with Crippen LogP contribution in [0.15, 0.2) is 18.2 Å². The Balaban J connectivity index is 1.94. The van der Waals surface area contributed by atoms with E-state index in [1.54, 1.807) is 14.2 Å². The summed E-state index contributed by atoms with van der Waals surface area (Å²) in [7, 11) is 3.31. The van der Waals surface area contributed by atoms with Crippen molar-refractivity contribution in [1.82, 2.24) is 5.32 Å². The van der Waals surface area contributed by atoms with E-state index >= 15 is 0 Å². The summed E-state index contributed by atoms with van der Waals surface area (Å²) in [5, 5.41) is 13.7. The molecular formula is C29H50N2O6. The van der Waals surface area contributed by atoms with Crippen LogP contribution in [0, 0.1) is 23.2 Å². The van der Waals surface area contributed by atoms with E-state index in [0.29, 0.717) is 44.5 Å². The average Bonchev–Trinajstić information content (AvgIpc) is 2.89. The molecule has 1 aliphatic rings. The van der Waals surface area contributed by atoms with Gasteiger partial charge in [-0.2, -0.15) is 0 Å². The molecule has 8 nitrogen and oxygen atoms in total. The summed E-state index contributed by atoms with van der Waals surface area (Å²) >= 11 is 0. The number of methoxy groups -OCH3 is 2. The van der Waals surface area contributed by atoms with Gasteiger partial charge in [0.05, 0.1) is 19.8 Å². The maximum absolute atomic E-state index is 12.9. The van der Waals surface area contributed by atoms with E-state index in [4.69, 9.17) is 24.7 Å². The maximum Gasteiger partial charge on any atom is 0.226 e. The molecule has 0 saturated carbocycles. The molecule has 1 amide bonds. The fourth-order valence-corrected chi connectivity index (χ4v) is 4.93. The zero-order valence-corrected chi connectivity index (χ0v) is 23.8. The first-order chi connectivity index (χ1) is 17.6. The van der Waals surface area contributed by atoms with Crippen molar-refractivity contribution in [3.8, 4) is 11.5 Å². The Morgan fingerprint density at radius 2 is 1.89 bits per heavy atom. The fourth-order valence-electron chi connectivity index (χ4n) is 4.93. The van der Waals surface area contributed by atoms with E-state index in [1.165, 1.54) is 0 Å². The Kier molecular flexibility index (Phi) is 13.1. The average molecular weight is 523 g/mol. The van der Waals surface area contributed by atoms with Gasteiger partial charge in [0.25, 0.3) is 0 Å². The van der Waals surface area contributed by atoms with Crippen molar-refractivity contribution in [2.24, 2.45) is 28.9 Å². The van der Waals surface area contributed by atoms with Gasteiger partial charge in [0.2, 0.25) is 5.91 Å². The molecule has 3 unspecified atom stereocenters. The Hall–Kier alpha value is -1.87. The predicted molar refractivity (Wildman–Crippen MR) is 146 cm³/mol. The normalized spacial score (nSPS) is 17.3. The Morgan fingerprint density at radius 3 is 2.51 bits per heavy atom. The summed E-state index contributed by atoms with van der Waals surface area (Å²) in [6.45, 7) is 11.0. The summed E-state index contributed by atoms with van der Waals surface area (Å²) < 4.78 is 21.9. The molecule has 2 rings (SSSR count). The summed E-state index contributed by atoms with van der Waals surface area (Å²) in [5.74, 6) is 2.28. The number of aliphatic hydroxyl groups is 1. The number of hydrogen-bond acceptors (Lipinski definition) is 7. The highest BCUT2D eigenvalue weighted by molar-refractivity contribution is 5.82. The third-order valence-corrected chi connectivity index (χ3v) is 7.79. The molecule has 1 saturated heterocycles. The Labute approximate surface area is 223 Å². The minimum atomic E-state index is -0.814. The number of benzene rings is 1. The predicted octanol–water partition coefficient (Wildman–Crippen LogP) is 3.57. The monoisotopic (exact) mass is 522 g/mol. The van der Waals surface area contributed by atoms with Gasteiger partial charge in [-0.15, -0.1) is 0 Å². The molecule has 212 valence electrons. The third-order valence-electron chi connectivity index (χ3n) is 7.79. The zero-order valence-electron chi connectivity index (χ0n) is 23.8. The molecule has 1 aromatic carbocycles. The Bertz CT molecular complexity index is 810. The van der Waals surface area contributed by atoms with Crippen LogP contribution in [0.2, 0.25) is 0 Å². The van der Waals surface area contributed by atoms with Crippen LogP contribution < -0.4 is 20.5 Å². The van der Waals surface area contributed by atoms with Gasteiger partial charge in [-0.25, -0.2) is 0 Å². The van der Waals surface area contributed by atoms with Crippen LogP contribution in [0.5, 0.6) is 11.5 Å². The first kappa shape index (κ1) is 31.3. The summed E-state index contributed by atoms with van der Waals surface area (Å²) in [6, 6.07) is 5.57. The van der Waals surface area contributed by atoms with Crippen LogP contribution in [0.25, 0.3) is 0 Å². The van der Waals surface area contributed by atoms with Crippen molar-refractivity contribution in [2.75, 3.05) is 47.2 Å². The summed E-state index contributed by atoms with van der Waals surface area (Å²) in [5.41, 5.74) is 7.07. The van der Waals surface area contributed by atoms with Gasteiger partial charge in [0, 0.05) is 51.4 Å². The molecule has 4 N–H and O–H groups in total. The number of carbonyl (C=O) groups is 1. The van der Waals surface area contributed by atoms with Crippen LogP contribution in [0.1, 0.15) is 58.9 Å². The van der Waals surface area contributed by atoms with Crippen LogP contribution >= 0.6 is 0 Å². The van der Waals surface area contributed by atoms with Crippen LogP contribution in [0.4, 0.5) is 0 Å². The number of aliphatic hydroxyl groups excluding tert-OH is 1. The molecule has 8 heteroatoms. The lowest BCUT2D eigenvalue weighted by molar-refractivity contribution is -0.134. The van der Waals surface area contributed by atoms with Gasteiger partial charge in [0.1, 0.15) is 0 Å².